The van der Waals surface area contributed by atoms with Gasteiger partial charge in [-0.15, -0.1) is 0 Å². The first-order chi connectivity index (χ1) is 16.8. The number of pyridine rings is 1. The van der Waals surface area contributed by atoms with E-state index in [9.17, 15) is 14.4 Å². The molecule has 2 aromatic rings. The monoisotopic (exact) mass is 483 g/mol. The number of carbonyl (C=O) groups is 3. The lowest BCUT2D eigenvalue weighted by Crippen LogP contribution is -2.52. The Kier molecular flexibility index (Phi) is 8.58. The van der Waals surface area contributed by atoms with E-state index in [0.717, 1.165) is 19.3 Å². The van der Waals surface area contributed by atoms with Crippen molar-refractivity contribution in [3.8, 4) is 5.75 Å². The van der Waals surface area contributed by atoms with Gasteiger partial charge in [-0.3, -0.25) is 14.4 Å². The van der Waals surface area contributed by atoms with Crippen LogP contribution in [0.1, 0.15) is 49.9 Å². The Morgan fingerprint density at radius 2 is 1.94 bits per heavy atom. The minimum atomic E-state index is -0.673. The van der Waals surface area contributed by atoms with E-state index in [4.69, 9.17) is 10.6 Å². The van der Waals surface area contributed by atoms with Crippen LogP contribution >= 0.6 is 0 Å². The van der Waals surface area contributed by atoms with Crippen LogP contribution in [-0.2, 0) is 9.59 Å². The number of hydrogen-bond donors (Lipinski definition) is 2. The van der Waals surface area contributed by atoms with E-state index in [1.165, 1.54) is 35.8 Å². The lowest BCUT2D eigenvalue weighted by Gasteiger charge is -2.34. The smallest absolute Gasteiger partial charge is 0.295 e. The number of aliphatic imine (C=N–C) groups is 1. The Bertz CT molecular complexity index is 1130. The van der Waals surface area contributed by atoms with E-state index in [1.54, 1.807) is 11.8 Å². The number of allylic oxidation sites excluding steroid dienone is 1. The summed E-state index contributed by atoms with van der Waals surface area (Å²) in [7, 11) is 1.46. The highest BCUT2D eigenvalue weighted by molar-refractivity contribution is 6.45. The fraction of sp³-hybridized carbons (Fsp3) is 0.458. The molecule has 0 bridgehead atoms. The van der Waals surface area contributed by atoms with Gasteiger partial charge in [0.05, 0.1) is 29.8 Å². The molecular formula is C24H33N7O4. The standard InChI is InChI=1S/C24H33N7O4/c1-5-6-7-8-19(32)29-9-11-30(12-10-29)24(34)22(33)17-13-26-21-20(17)18(35-4)14-27-23(21)31(25)15-28-16(2)3/h13-15,26H,2,5-12,25H2,1,3-4H3. The number of nitrogens with two attached hydrogens (primary N) is 1. The number of nitrogens with one attached hydrogen (secondary N) is 1. The van der Waals surface area contributed by atoms with Crippen molar-refractivity contribution in [1.82, 2.24) is 19.8 Å². The molecule has 0 aromatic carbocycles. The molecule has 3 rings (SSSR count). The van der Waals surface area contributed by atoms with E-state index in [1.807, 2.05) is 0 Å². The van der Waals surface area contributed by atoms with Gasteiger partial charge < -0.3 is 19.5 Å². The third kappa shape index (κ3) is 5.86. The van der Waals surface area contributed by atoms with E-state index in [0.29, 0.717) is 60.8 Å². The van der Waals surface area contributed by atoms with Gasteiger partial charge >= 0.3 is 0 Å². The molecule has 188 valence electrons. The molecule has 35 heavy (non-hydrogen) atoms. The SMILES string of the molecule is C=C(C)N=CN(N)c1ncc(OC)c2c(C(=O)C(=O)N3CCN(C(=O)CCCCC)CC3)c[nH]c12. The second-order valence-electron chi connectivity index (χ2n) is 8.45. The highest BCUT2D eigenvalue weighted by Crippen LogP contribution is 2.33. The maximum atomic E-state index is 13.2. The number of fused-ring (bicyclic) bond motifs is 1. The van der Waals surface area contributed by atoms with Gasteiger partial charge in [0.2, 0.25) is 5.91 Å². The molecule has 0 unspecified atom stereocenters. The van der Waals surface area contributed by atoms with Crippen LogP contribution in [0.15, 0.2) is 29.7 Å². The molecule has 1 aliphatic heterocycles. The van der Waals surface area contributed by atoms with Crippen LogP contribution in [0.25, 0.3) is 10.9 Å². The maximum absolute atomic E-state index is 13.2. The van der Waals surface area contributed by atoms with Crippen molar-refractivity contribution in [2.24, 2.45) is 10.8 Å². The first kappa shape index (κ1) is 25.9. The Hall–Kier alpha value is -3.73. The van der Waals surface area contributed by atoms with Crippen LogP contribution < -0.4 is 15.6 Å². The molecule has 2 aromatic heterocycles. The molecule has 1 fully saturated rings. The molecule has 11 heteroatoms. The van der Waals surface area contributed by atoms with Crippen LogP contribution in [0.3, 0.4) is 0 Å². The number of nitrogens with zero attached hydrogens (tertiary/aromatic N) is 5. The highest BCUT2D eigenvalue weighted by Gasteiger charge is 2.31. The van der Waals surface area contributed by atoms with Crippen LogP contribution in [0.2, 0.25) is 0 Å². The van der Waals surface area contributed by atoms with Crippen LogP contribution in [-0.4, -0.2) is 77.0 Å². The first-order valence-corrected chi connectivity index (χ1v) is 11.7. The Morgan fingerprint density at radius 1 is 1.26 bits per heavy atom. The number of H-pyrrole nitrogens is 1. The molecule has 0 saturated carbocycles. The number of ether oxygens (including phenoxy) is 1. The van der Waals surface area contributed by atoms with Crippen molar-refractivity contribution >= 4 is 40.7 Å². The number of carbonyl (C=O) groups excluding carboxylic acids is 3. The summed E-state index contributed by atoms with van der Waals surface area (Å²) < 4.78 is 5.40. The number of rotatable bonds is 10. The van der Waals surface area contributed by atoms with Gasteiger partial charge in [-0.25, -0.2) is 20.8 Å². The number of ketones is 1. The van der Waals surface area contributed by atoms with Gasteiger partial charge in [-0.1, -0.05) is 26.3 Å². The summed E-state index contributed by atoms with van der Waals surface area (Å²) in [6.45, 7) is 8.96. The Balaban J connectivity index is 1.77. The van der Waals surface area contributed by atoms with Crippen LogP contribution in [0.4, 0.5) is 5.82 Å². The Labute approximate surface area is 204 Å². The summed E-state index contributed by atoms with van der Waals surface area (Å²) >= 11 is 0. The fourth-order valence-electron chi connectivity index (χ4n) is 3.95. The normalized spacial score (nSPS) is 13.9. The van der Waals surface area contributed by atoms with Gasteiger partial charge in [0.1, 0.15) is 12.1 Å². The lowest BCUT2D eigenvalue weighted by molar-refractivity contribution is -0.137. The molecule has 0 radical (unpaired) electrons. The minimum Gasteiger partial charge on any atom is -0.494 e. The van der Waals surface area contributed by atoms with Crippen molar-refractivity contribution < 1.29 is 19.1 Å². The summed E-state index contributed by atoms with van der Waals surface area (Å²) in [6.07, 6.45) is 7.70. The van der Waals surface area contributed by atoms with Crippen molar-refractivity contribution in [1.29, 1.82) is 0 Å². The van der Waals surface area contributed by atoms with Crippen molar-refractivity contribution in [2.45, 2.75) is 39.5 Å². The number of aromatic amines is 1. The maximum Gasteiger partial charge on any atom is 0.295 e. The summed E-state index contributed by atoms with van der Waals surface area (Å²) in [5, 5.41) is 1.60. The van der Waals surface area contributed by atoms with E-state index in [-0.39, 0.29) is 11.5 Å². The summed E-state index contributed by atoms with van der Waals surface area (Å²) in [5.41, 5.74) is 1.15. The van der Waals surface area contributed by atoms with Gasteiger partial charge in [-0.2, -0.15) is 0 Å². The lowest BCUT2D eigenvalue weighted by atomic mass is 10.1. The number of hydrazine groups is 1. The summed E-state index contributed by atoms with van der Waals surface area (Å²) in [6, 6.07) is 0. The average molecular weight is 484 g/mol. The molecule has 1 saturated heterocycles. The van der Waals surface area contributed by atoms with Crippen LogP contribution in [0, 0.1) is 0 Å². The first-order valence-electron chi connectivity index (χ1n) is 11.7. The van der Waals surface area contributed by atoms with Gasteiger partial charge in [0.25, 0.3) is 11.7 Å². The molecule has 0 spiro atoms. The molecule has 3 heterocycles. The van der Waals surface area contributed by atoms with Gasteiger partial charge in [-0.05, 0) is 13.3 Å². The number of piperazine rings is 1. The summed E-state index contributed by atoms with van der Waals surface area (Å²) in [5.74, 6) is 5.49. The fourth-order valence-corrected chi connectivity index (χ4v) is 3.95. The zero-order valence-corrected chi connectivity index (χ0v) is 20.5. The van der Waals surface area contributed by atoms with Gasteiger partial charge in [0.15, 0.2) is 5.82 Å². The second kappa shape index (κ2) is 11.6. The predicted octanol–water partition coefficient (Wildman–Crippen LogP) is 2.25. The van der Waals surface area contributed by atoms with E-state index in [2.05, 4.69) is 28.5 Å². The van der Waals surface area contributed by atoms with Crippen molar-refractivity contribution in [3.63, 3.8) is 0 Å². The number of Topliss-reactive ketones (excluding diaryl/α,β-unsaturated/α-hetero) is 1. The zero-order chi connectivity index (χ0) is 25.5. The average Bonchev–Trinajstić information content (AvgIpc) is 3.31. The second-order valence-corrected chi connectivity index (χ2v) is 8.45. The van der Waals surface area contributed by atoms with E-state index < -0.39 is 11.7 Å². The third-order valence-electron chi connectivity index (χ3n) is 5.87. The predicted molar refractivity (Wildman–Crippen MR) is 134 cm³/mol. The topological polar surface area (TPSA) is 137 Å². The minimum absolute atomic E-state index is 0.0970. The number of anilines is 1. The molecule has 0 aliphatic carbocycles. The molecule has 2 amide bonds. The largest absolute Gasteiger partial charge is 0.494 e. The molecule has 0 atom stereocenters. The number of unbranched alkanes of at least 4 members (excludes halogenated alkanes) is 2. The van der Waals surface area contributed by atoms with Crippen molar-refractivity contribution in [3.05, 3.63) is 30.2 Å². The number of amides is 2. The molecule has 1 aliphatic rings. The zero-order valence-electron chi connectivity index (χ0n) is 20.5. The third-order valence-corrected chi connectivity index (χ3v) is 5.87. The molecule has 3 N–H and O–H groups in total. The van der Waals surface area contributed by atoms with Gasteiger partial charge in [0, 0.05) is 44.5 Å². The van der Waals surface area contributed by atoms with Crippen molar-refractivity contribution in [2.75, 3.05) is 38.3 Å². The number of hydrogen-bond acceptors (Lipinski definition) is 7. The molecular weight excluding hydrogens is 450 g/mol. The van der Waals surface area contributed by atoms with Crippen LogP contribution in [0.5, 0.6) is 5.75 Å². The van der Waals surface area contributed by atoms with E-state index >= 15 is 0 Å². The quantitative estimate of drug-likeness (QED) is 0.101. The Morgan fingerprint density at radius 3 is 2.57 bits per heavy atom. The number of methoxy groups -OCH3 is 1. The molecule has 11 nitrogen and oxygen atoms in total. The number of aromatic nitrogens is 2. The summed E-state index contributed by atoms with van der Waals surface area (Å²) in [4.78, 5) is 53.2. The highest BCUT2D eigenvalue weighted by atomic mass is 16.5.